The normalized spacial score (nSPS) is 10.6. The molecule has 2 aromatic carbocycles. The molecule has 1 N–H and O–H groups in total. The van der Waals surface area contributed by atoms with Crippen molar-refractivity contribution >= 4 is 17.6 Å². The van der Waals surface area contributed by atoms with Crippen molar-refractivity contribution in [3.05, 3.63) is 53.1 Å². The van der Waals surface area contributed by atoms with Crippen LogP contribution >= 0.6 is 11.6 Å². The average Bonchev–Trinajstić information content (AvgIpc) is 2.39. The Kier molecular flexibility index (Phi) is 4.30. The minimum Gasteiger partial charge on any atom is -0.491 e. The topological polar surface area (TPSA) is 46.5 Å². The first kappa shape index (κ1) is 14.4. The monoisotopic (exact) mass is 290 g/mol. The molecule has 0 aliphatic rings. The maximum absolute atomic E-state index is 10.9. The fourth-order valence-electron chi connectivity index (χ4n) is 1.87. The van der Waals surface area contributed by atoms with Gasteiger partial charge in [-0.2, -0.15) is 0 Å². The Labute approximate surface area is 122 Å². The number of carboxylic acid groups (broad SMARTS) is 1. The van der Waals surface area contributed by atoms with Gasteiger partial charge in [0.1, 0.15) is 5.75 Å². The predicted molar refractivity (Wildman–Crippen MR) is 79.6 cm³/mol. The summed E-state index contributed by atoms with van der Waals surface area (Å²) in [6.07, 6.45) is 0.124. The van der Waals surface area contributed by atoms with E-state index in [1.807, 2.05) is 38.1 Å². The Hall–Kier alpha value is -2.00. The molecular formula is C16H15ClO3. The van der Waals surface area contributed by atoms with E-state index in [-0.39, 0.29) is 11.7 Å². The number of carboxylic acids is 1. The highest BCUT2D eigenvalue weighted by molar-refractivity contribution is 6.33. The van der Waals surface area contributed by atoms with E-state index >= 15 is 0 Å². The number of carbonyl (C=O) groups is 1. The van der Waals surface area contributed by atoms with Crippen molar-refractivity contribution in [1.29, 1.82) is 0 Å². The molecule has 0 atom stereocenters. The molecule has 0 aliphatic carbocycles. The molecule has 104 valence electrons. The minimum atomic E-state index is -0.987. The van der Waals surface area contributed by atoms with Crippen LogP contribution in [-0.4, -0.2) is 17.2 Å². The molecule has 0 saturated carbocycles. The summed E-state index contributed by atoms with van der Waals surface area (Å²) in [5.41, 5.74) is 1.90. The van der Waals surface area contributed by atoms with Gasteiger partial charge < -0.3 is 9.84 Å². The molecule has 20 heavy (non-hydrogen) atoms. The summed E-state index contributed by atoms with van der Waals surface area (Å²) in [6, 6.07) is 12.3. The van der Waals surface area contributed by atoms with Gasteiger partial charge in [-0.3, -0.25) is 0 Å². The molecule has 0 unspecified atom stereocenters. The first-order valence-electron chi connectivity index (χ1n) is 6.27. The highest BCUT2D eigenvalue weighted by Gasteiger charge is 2.09. The van der Waals surface area contributed by atoms with Crippen molar-refractivity contribution in [2.75, 3.05) is 0 Å². The van der Waals surface area contributed by atoms with E-state index in [0.717, 1.165) is 16.9 Å². The fourth-order valence-corrected chi connectivity index (χ4v) is 2.16. The zero-order chi connectivity index (χ0) is 14.7. The number of halogens is 1. The second kappa shape index (κ2) is 5.97. The highest BCUT2D eigenvalue weighted by atomic mass is 35.5. The van der Waals surface area contributed by atoms with E-state index in [1.54, 1.807) is 12.1 Å². The maximum Gasteiger partial charge on any atom is 0.335 e. The van der Waals surface area contributed by atoms with E-state index in [2.05, 4.69) is 0 Å². The Morgan fingerprint density at radius 3 is 2.30 bits per heavy atom. The van der Waals surface area contributed by atoms with Gasteiger partial charge in [-0.05, 0) is 43.7 Å². The molecule has 0 heterocycles. The maximum atomic E-state index is 10.9. The summed E-state index contributed by atoms with van der Waals surface area (Å²) in [4.78, 5) is 10.9. The number of rotatable bonds is 4. The molecule has 0 amide bonds. The van der Waals surface area contributed by atoms with Crippen molar-refractivity contribution in [2.24, 2.45) is 0 Å². The molecule has 0 fully saturated rings. The largest absolute Gasteiger partial charge is 0.491 e. The van der Waals surface area contributed by atoms with Gasteiger partial charge in [-0.25, -0.2) is 4.79 Å². The van der Waals surface area contributed by atoms with Crippen molar-refractivity contribution in [1.82, 2.24) is 0 Å². The average molecular weight is 291 g/mol. The molecule has 4 heteroatoms. The third kappa shape index (κ3) is 3.31. The second-order valence-electron chi connectivity index (χ2n) is 4.69. The Morgan fingerprint density at radius 2 is 1.80 bits per heavy atom. The molecule has 3 nitrogen and oxygen atoms in total. The van der Waals surface area contributed by atoms with Crippen molar-refractivity contribution in [2.45, 2.75) is 20.0 Å². The third-order valence-electron chi connectivity index (χ3n) is 2.75. The molecule has 0 aromatic heterocycles. The van der Waals surface area contributed by atoms with Crippen LogP contribution < -0.4 is 4.74 Å². The van der Waals surface area contributed by atoms with E-state index in [9.17, 15) is 4.79 Å². The zero-order valence-electron chi connectivity index (χ0n) is 11.3. The van der Waals surface area contributed by atoms with Gasteiger partial charge >= 0.3 is 5.97 Å². The van der Waals surface area contributed by atoms with Gasteiger partial charge in [-0.1, -0.05) is 29.8 Å². The van der Waals surface area contributed by atoms with Gasteiger partial charge in [0, 0.05) is 10.6 Å². The lowest BCUT2D eigenvalue weighted by Crippen LogP contribution is -2.05. The van der Waals surface area contributed by atoms with Crippen LogP contribution in [0.5, 0.6) is 5.75 Å². The summed E-state index contributed by atoms with van der Waals surface area (Å²) in [5.74, 6) is -0.193. The standard InChI is InChI=1S/C16H15ClO3/c1-10(2)20-13-6-3-11(4-7-13)14-8-5-12(16(18)19)9-15(14)17/h3-10H,1-2H3,(H,18,19). The first-order chi connectivity index (χ1) is 9.47. The second-order valence-corrected chi connectivity index (χ2v) is 5.10. The van der Waals surface area contributed by atoms with Crippen LogP contribution in [0.25, 0.3) is 11.1 Å². The smallest absolute Gasteiger partial charge is 0.335 e. The van der Waals surface area contributed by atoms with E-state index in [0.29, 0.717) is 5.02 Å². The van der Waals surface area contributed by atoms with Gasteiger partial charge in [0.2, 0.25) is 0 Å². The van der Waals surface area contributed by atoms with Crippen molar-refractivity contribution < 1.29 is 14.6 Å². The Morgan fingerprint density at radius 1 is 1.15 bits per heavy atom. The van der Waals surface area contributed by atoms with Crippen LogP contribution in [0, 0.1) is 0 Å². The number of hydrogen-bond donors (Lipinski definition) is 1. The summed E-state index contributed by atoms with van der Waals surface area (Å²) in [5, 5.41) is 9.33. The zero-order valence-corrected chi connectivity index (χ0v) is 12.0. The van der Waals surface area contributed by atoms with Crippen LogP contribution in [0.1, 0.15) is 24.2 Å². The lowest BCUT2D eigenvalue weighted by atomic mass is 10.0. The number of benzene rings is 2. The fraction of sp³-hybridized carbons (Fsp3) is 0.188. The number of aromatic carboxylic acids is 1. The lowest BCUT2D eigenvalue weighted by molar-refractivity contribution is 0.0697. The predicted octanol–water partition coefficient (Wildman–Crippen LogP) is 4.49. The quantitative estimate of drug-likeness (QED) is 0.902. The summed E-state index contributed by atoms with van der Waals surface area (Å²) in [7, 11) is 0. The van der Waals surface area contributed by atoms with Crippen molar-refractivity contribution in [3.8, 4) is 16.9 Å². The van der Waals surface area contributed by atoms with Crippen LogP contribution in [0.2, 0.25) is 5.02 Å². The van der Waals surface area contributed by atoms with E-state index in [1.165, 1.54) is 6.07 Å². The van der Waals surface area contributed by atoms with Crippen LogP contribution in [0.3, 0.4) is 0 Å². The van der Waals surface area contributed by atoms with Crippen LogP contribution in [0.15, 0.2) is 42.5 Å². The molecule has 0 spiro atoms. The van der Waals surface area contributed by atoms with Crippen molar-refractivity contribution in [3.63, 3.8) is 0 Å². The Balaban J connectivity index is 2.30. The molecule has 2 aromatic rings. The molecule has 2 rings (SSSR count). The van der Waals surface area contributed by atoms with E-state index < -0.39 is 5.97 Å². The number of hydrogen-bond acceptors (Lipinski definition) is 2. The van der Waals surface area contributed by atoms with Crippen LogP contribution in [0.4, 0.5) is 0 Å². The first-order valence-corrected chi connectivity index (χ1v) is 6.65. The van der Waals surface area contributed by atoms with Gasteiger partial charge in [-0.15, -0.1) is 0 Å². The van der Waals surface area contributed by atoms with Crippen LogP contribution in [-0.2, 0) is 0 Å². The lowest BCUT2D eigenvalue weighted by Gasteiger charge is -2.11. The van der Waals surface area contributed by atoms with E-state index in [4.69, 9.17) is 21.4 Å². The molecule has 0 bridgehead atoms. The van der Waals surface area contributed by atoms with Gasteiger partial charge in [0.05, 0.1) is 11.7 Å². The summed E-state index contributed by atoms with van der Waals surface area (Å²) >= 11 is 6.14. The molecule has 0 aliphatic heterocycles. The van der Waals surface area contributed by atoms with Gasteiger partial charge in [0.25, 0.3) is 0 Å². The van der Waals surface area contributed by atoms with Gasteiger partial charge in [0.15, 0.2) is 0 Å². The summed E-state index contributed by atoms with van der Waals surface area (Å²) in [6.45, 7) is 3.94. The highest BCUT2D eigenvalue weighted by Crippen LogP contribution is 2.30. The number of ether oxygens (including phenoxy) is 1. The SMILES string of the molecule is CC(C)Oc1ccc(-c2ccc(C(=O)O)cc2Cl)cc1. The molecule has 0 saturated heterocycles. The minimum absolute atomic E-state index is 0.124. The Bertz CT molecular complexity index is 618. The third-order valence-corrected chi connectivity index (χ3v) is 3.07. The molecular weight excluding hydrogens is 276 g/mol. The molecule has 0 radical (unpaired) electrons. The summed E-state index contributed by atoms with van der Waals surface area (Å²) < 4.78 is 5.58.